The Morgan fingerprint density at radius 3 is 2.65 bits per heavy atom. The number of nitrogens with zero attached hydrogens (tertiary/aromatic N) is 4. The highest BCUT2D eigenvalue weighted by atomic mass is 32.2. The summed E-state index contributed by atoms with van der Waals surface area (Å²) in [4.78, 5) is 11.0. The lowest BCUT2D eigenvalue weighted by molar-refractivity contribution is 0.504. The van der Waals surface area contributed by atoms with Gasteiger partial charge in [0.05, 0.1) is 10.3 Å². The van der Waals surface area contributed by atoms with Gasteiger partial charge in [0.2, 0.25) is 0 Å². The molecule has 26 heavy (non-hydrogen) atoms. The topological polar surface area (TPSA) is 94.1 Å². The van der Waals surface area contributed by atoms with E-state index in [1.165, 1.54) is 10.3 Å². The van der Waals surface area contributed by atoms with Gasteiger partial charge in [0.25, 0.3) is 10.0 Å². The van der Waals surface area contributed by atoms with E-state index in [2.05, 4.69) is 14.9 Å². The van der Waals surface area contributed by atoms with E-state index in [4.69, 9.17) is 5.73 Å². The molecule has 3 heterocycles. The van der Waals surface area contributed by atoms with Crippen LogP contribution in [0.15, 0.2) is 47.8 Å². The van der Waals surface area contributed by atoms with Crippen molar-refractivity contribution >= 4 is 26.9 Å². The number of rotatable bonds is 3. The molecule has 0 bridgehead atoms. The molecule has 2 N–H and O–H groups in total. The number of hydrogen-bond acceptors (Lipinski definition) is 6. The van der Waals surface area contributed by atoms with E-state index in [0.29, 0.717) is 12.2 Å². The van der Waals surface area contributed by atoms with Crippen LogP contribution in [0.5, 0.6) is 0 Å². The van der Waals surface area contributed by atoms with Crippen molar-refractivity contribution in [3.8, 4) is 0 Å². The highest BCUT2D eigenvalue weighted by Crippen LogP contribution is 2.28. The number of nitrogens with two attached hydrogens (primary N) is 1. The first-order valence-electron chi connectivity index (χ1n) is 8.61. The zero-order valence-electron chi connectivity index (χ0n) is 14.5. The van der Waals surface area contributed by atoms with Crippen LogP contribution in [0.2, 0.25) is 0 Å². The van der Waals surface area contributed by atoms with Crippen molar-refractivity contribution in [3.63, 3.8) is 0 Å². The summed E-state index contributed by atoms with van der Waals surface area (Å²) in [6.45, 7) is 3.49. The lowest BCUT2D eigenvalue weighted by Crippen LogP contribution is -2.43. The third kappa shape index (κ3) is 2.85. The lowest BCUT2D eigenvalue weighted by atomic mass is 10.1. The fourth-order valence-electron chi connectivity index (χ4n) is 3.39. The minimum Gasteiger partial charge on any atom is -0.354 e. The van der Waals surface area contributed by atoms with Crippen LogP contribution in [0.4, 0.5) is 5.82 Å². The maximum atomic E-state index is 13.0. The molecule has 1 aliphatic heterocycles. The summed E-state index contributed by atoms with van der Waals surface area (Å²) in [5, 5.41) is 0.720. The predicted octanol–water partition coefficient (Wildman–Crippen LogP) is 1.90. The van der Waals surface area contributed by atoms with Crippen LogP contribution in [0.1, 0.15) is 18.4 Å². The van der Waals surface area contributed by atoms with Crippen LogP contribution in [0, 0.1) is 6.92 Å². The summed E-state index contributed by atoms with van der Waals surface area (Å²) >= 11 is 0. The monoisotopic (exact) mass is 371 g/mol. The van der Waals surface area contributed by atoms with Gasteiger partial charge in [-0.3, -0.25) is 0 Å². The highest BCUT2D eigenvalue weighted by molar-refractivity contribution is 7.90. The largest absolute Gasteiger partial charge is 0.354 e. The van der Waals surface area contributed by atoms with Crippen molar-refractivity contribution in [1.29, 1.82) is 0 Å². The Labute approximate surface area is 152 Å². The second-order valence-electron chi connectivity index (χ2n) is 6.71. The molecular formula is C18H21N5O2S. The average molecular weight is 371 g/mol. The van der Waals surface area contributed by atoms with Crippen LogP contribution < -0.4 is 10.6 Å². The molecule has 0 spiro atoms. The molecule has 0 amide bonds. The molecule has 4 rings (SSSR count). The molecule has 1 atom stereocenters. The fourth-order valence-corrected chi connectivity index (χ4v) is 4.69. The first-order chi connectivity index (χ1) is 12.5. The van der Waals surface area contributed by atoms with Crippen LogP contribution >= 0.6 is 0 Å². The molecule has 1 saturated heterocycles. The van der Waals surface area contributed by atoms with E-state index in [9.17, 15) is 8.42 Å². The van der Waals surface area contributed by atoms with Gasteiger partial charge >= 0.3 is 0 Å². The van der Waals surface area contributed by atoms with E-state index < -0.39 is 10.0 Å². The summed E-state index contributed by atoms with van der Waals surface area (Å²) in [5.74, 6) is 0.739. The zero-order valence-corrected chi connectivity index (χ0v) is 15.4. The number of aromatic nitrogens is 3. The number of aryl methyl sites for hydroxylation is 1. The Kier molecular flexibility index (Phi) is 4.16. The van der Waals surface area contributed by atoms with Crippen molar-refractivity contribution in [3.05, 3.63) is 48.4 Å². The van der Waals surface area contributed by atoms with Gasteiger partial charge in [0, 0.05) is 25.3 Å². The average Bonchev–Trinajstić information content (AvgIpc) is 3.07. The number of benzene rings is 1. The highest BCUT2D eigenvalue weighted by Gasteiger charge is 2.24. The fraction of sp³-hybridized carbons (Fsp3) is 0.333. The van der Waals surface area contributed by atoms with Crippen molar-refractivity contribution in [2.75, 3.05) is 18.0 Å². The van der Waals surface area contributed by atoms with Gasteiger partial charge in [-0.05, 0) is 38.0 Å². The molecule has 3 aromatic rings. The maximum Gasteiger partial charge on any atom is 0.269 e. The second-order valence-corrected chi connectivity index (χ2v) is 8.53. The van der Waals surface area contributed by atoms with Crippen molar-refractivity contribution in [1.82, 2.24) is 13.9 Å². The van der Waals surface area contributed by atoms with Gasteiger partial charge in [-0.1, -0.05) is 17.7 Å². The molecule has 1 aromatic carbocycles. The molecular weight excluding hydrogens is 350 g/mol. The van der Waals surface area contributed by atoms with Gasteiger partial charge in [0.15, 0.2) is 5.65 Å². The summed E-state index contributed by atoms with van der Waals surface area (Å²) < 4.78 is 27.3. The number of hydrogen-bond donors (Lipinski definition) is 1. The van der Waals surface area contributed by atoms with Crippen molar-refractivity contribution in [2.45, 2.75) is 30.7 Å². The molecule has 1 unspecified atom stereocenters. The molecule has 1 fully saturated rings. The van der Waals surface area contributed by atoms with E-state index in [0.717, 1.165) is 36.2 Å². The third-order valence-electron chi connectivity index (χ3n) is 4.76. The lowest BCUT2D eigenvalue weighted by Gasteiger charge is -2.31. The molecule has 0 aliphatic carbocycles. The Balaban J connectivity index is 1.81. The summed E-state index contributed by atoms with van der Waals surface area (Å²) in [6, 6.07) is 8.66. The number of piperidine rings is 1. The van der Waals surface area contributed by atoms with Gasteiger partial charge in [-0.2, -0.15) is 0 Å². The van der Waals surface area contributed by atoms with E-state index in [-0.39, 0.29) is 10.9 Å². The molecule has 136 valence electrons. The van der Waals surface area contributed by atoms with E-state index in [1.807, 2.05) is 6.92 Å². The molecule has 2 aromatic heterocycles. The standard InChI is InChI=1S/C18H21N5O2S/c1-13-4-6-15(7-5-13)26(24,25)23-10-8-16-17(20-12-21-18(16)23)22-9-2-3-14(19)11-22/h4-8,10,12,14H,2-3,9,11,19H2,1H3. The smallest absolute Gasteiger partial charge is 0.269 e. The molecule has 8 heteroatoms. The summed E-state index contributed by atoms with van der Waals surface area (Å²) in [5.41, 5.74) is 7.47. The molecule has 1 aliphatic rings. The number of fused-ring (bicyclic) bond motifs is 1. The number of anilines is 1. The zero-order chi connectivity index (χ0) is 18.3. The second kappa shape index (κ2) is 6.37. The van der Waals surface area contributed by atoms with E-state index >= 15 is 0 Å². The Morgan fingerprint density at radius 2 is 1.92 bits per heavy atom. The summed E-state index contributed by atoms with van der Waals surface area (Å²) in [6.07, 6.45) is 4.95. The van der Waals surface area contributed by atoms with Crippen LogP contribution in [0.25, 0.3) is 11.0 Å². The van der Waals surface area contributed by atoms with Gasteiger partial charge in [0.1, 0.15) is 12.1 Å². The van der Waals surface area contributed by atoms with Gasteiger partial charge in [-0.25, -0.2) is 22.4 Å². The summed E-state index contributed by atoms with van der Waals surface area (Å²) in [7, 11) is -3.71. The predicted molar refractivity (Wildman–Crippen MR) is 101 cm³/mol. The van der Waals surface area contributed by atoms with Crippen LogP contribution in [-0.4, -0.2) is 41.5 Å². The first kappa shape index (κ1) is 17.0. The quantitative estimate of drug-likeness (QED) is 0.756. The van der Waals surface area contributed by atoms with Gasteiger partial charge in [-0.15, -0.1) is 0 Å². The minimum atomic E-state index is -3.71. The Morgan fingerprint density at radius 1 is 1.15 bits per heavy atom. The molecule has 0 radical (unpaired) electrons. The SMILES string of the molecule is Cc1ccc(S(=O)(=O)n2ccc3c(N4CCCC(N)C4)ncnc32)cc1. The normalized spacial score (nSPS) is 18.4. The van der Waals surface area contributed by atoms with Crippen LogP contribution in [-0.2, 0) is 10.0 Å². The van der Waals surface area contributed by atoms with Gasteiger partial charge < -0.3 is 10.6 Å². The minimum absolute atomic E-state index is 0.104. The third-order valence-corrected chi connectivity index (χ3v) is 6.44. The molecule has 7 nitrogen and oxygen atoms in total. The van der Waals surface area contributed by atoms with E-state index in [1.54, 1.807) is 36.5 Å². The van der Waals surface area contributed by atoms with Crippen LogP contribution in [0.3, 0.4) is 0 Å². The van der Waals surface area contributed by atoms with Crippen molar-refractivity contribution < 1.29 is 8.42 Å². The first-order valence-corrected chi connectivity index (χ1v) is 10.1. The Hall–Kier alpha value is -2.45. The maximum absolute atomic E-state index is 13.0. The Bertz CT molecular complexity index is 1040. The molecule has 0 saturated carbocycles. The van der Waals surface area contributed by atoms with Crippen molar-refractivity contribution in [2.24, 2.45) is 5.73 Å².